The highest BCUT2D eigenvalue weighted by Crippen LogP contribution is 2.31. The molecule has 0 aliphatic carbocycles. The van der Waals surface area contributed by atoms with Gasteiger partial charge in [0.15, 0.2) is 23.0 Å². The van der Waals surface area contributed by atoms with Crippen LogP contribution in [-0.2, 0) is 0 Å². The van der Waals surface area contributed by atoms with E-state index in [1.165, 1.54) is 0 Å². The van der Waals surface area contributed by atoms with Crippen LogP contribution >= 0.6 is 31.9 Å². The van der Waals surface area contributed by atoms with Crippen LogP contribution in [0.2, 0.25) is 0 Å². The van der Waals surface area contributed by atoms with Gasteiger partial charge in [-0.1, -0.05) is 80.4 Å². The minimum Gasteiger partial charge on any atom is -0.494 e. The third-order valence-electron chi connectivity index (χ3n) is 13.4. The van der Waals surface area contributed by atoms with E-state index in [0.717, 1.165) is 179 Å². The van der Waals surface area contributed by atoms with E-state index >= 15 is 0 Å². The molecule has 0 saturated carbocycles. The summed E-state index contributed by atoms with van der Waals surface area (Å²) in [5.41, 5.74) is 5.45. The molecule has 0 atom stereocenters. The third-order valence-corrected chi connectivity index (χ3v) is 14.4. The van der Waals surface area contributed by atoms with Crippen molar-refractivity contribution in [1.29, 1.82) is 0 Å². The van der Waals surface area contributed by atoms with E-state index in [2.05, 4.69) is 76.6 Å². The lowest BCUT2D eigenvalue weighted by molar-refractivity contribution is 0.251. The predicted octanol–water partition coefficient (Wildman–Crippen LogP) is 21.0. The van der Waals surface area contributed by atoms with E-state index < -0.39 is 0 Å². The first-order valence-corrected chi connectivity index (χ1v) is 31.0. The molecule has 0 radical (unpaired) electrons. The van der Waals surface area contributed by atoms with Crippen molar-refractivity contribution < 1.29 is 37.9 Å². The van der Waals surface area contributed by atoms with E-state index in [1.807, 2.05) is 170 Å². The molecule has 8 aromatic rings. The Morgan fingerprint density at radius 2 is 0.417 bits per heavy atom. The largest absolute Gasteiger partial charge is 0.494 e. The van der Waals surface area contributed by atoms with Crippen molar-refractivity contribution >= 4 is 54.6 Å². The molecule has 0 heterocycles. The molecule has 0 amide bonds. The Morgan fingerprint density at radius 3 is 0.667 bits per heavy atom. The molecule has 0 saturated heterocycles. The number of azo groups is 2. The number of halogens is 2. The molecule has 14 heteroatoms. The molecule has 0 unspecified atom stereocenters. The molecular weight excluding hydrogens is 1180 g/mol. The van der Waals surface area contributed by atoms with Gasteiger partial charge < -0.3 is 37.9 Å². The Hall–Kier alpha value is -7.68. The van der Waals surface area contributed by atoms with E-state index in [4.69, 9.17) is 37.9 Å². The molecule has 12 nitrogen and oxygen atoms in total. The van der Waals surface area contributed by atoms with Gasteiger partial charge in [0.2, 0.25) is 0 Å². The van der Waals surface area contributed by atoms with E-state index in [1.54, 1.807) is 0 Å². The molecule has 0 aromatic heterocycles. The van der Waals surface area contributed by atoms with Crippen LogP contribution in [0.3, 0.4) is 0 Å². The summed E-state index contributed by atoms with van der Waals surface area (Å²) in [5, 5.41) is 17.2. The number of rotatable bonds is 39. The van der Waals surface area contributed by atoms with Gasteiger partial charge in [-0.05, 0) is 247 Å². The number of para-hydroxylation sites is 4. The smallest absolute Gasteiger partial charge is 0.161 e. The minimum absolute atomic E-state index is 0.629. The highest BCUT2D eigenvalue weighted by molar-refractivity contribution is 9.10. The summed E-state index contributed by atoms with van der Waals surface area (Å²) in [4.78, 5) is 0. The zero-order chi connectivity index (χ0) is 57.9. The number of nitrogens with zero attached hydrogens (tertiary/aromatic N) is 4. The van der Waals surface area contributed by atoms with Crippen molar-refractivity contribution in [3.63, 3.8) is 0 Å². The average Bonchev–Trinajstić information content (AvgIpc) is 3.58. The molecule has 0 N–H and O–H groups in total. The Bertz CT molecular complexity index is 2930. The zero-order valence-corrected chi connectivity index (χ0v) is 51.0. The second-order valence-electron chi connectivity index (χ2n) is 20.0. The van der Waals surface area contributed by atoms with E-state index in [-0.39, 0.29) is 0 Å². The van der Waals surface area contributed by atoms with Crippen LogP contribution in [0.4, 0.5) is 22.7 Å². The summed E-state index contributed by atoms with van der Waals surface area (Å²) < 4.78 is 50.6. The number of benzene rings is 8. The van der Waals surface area contributed by atoms with Crippen LogP contribution in [0.15, 0.2) is 224 Å². The fourth-order valence-corrected chi connectivity index (χ4v) is 9.22. The van der Waals surface area contributed by atoms with E-state index in [0.29, 0.717) is 52.9 Å². The Morgan fingerprint density at radius 1 is 0.214 bits per heavy atom. The SMILES string of the molecule is Brc1ccc(N=Nc2ccc(OCCCCCOc3ccccc3OCCCCCCOc3ccc(-c4ccc(OCCCCCCOc5ccccc5OCCCCCOc5ccc(N=Nc6ccc(Br)cc6)cc5)cc4)cc3)cc2)cc1. The molecule has 0 fully saturated rings. The fraction of sp³-hybridized carbons (Fsp3) is 0.314. The minimum atomic E-state index is 0.629. The van der Waals surface area contributed by atoms with Crippen LogP contribution in [0.5, 0.6) is 46.0 Å². The molecule has 8 aromatic carbocycles. The van der Waals surface area contributed by atoms with Gasteiger partial charge in [-0.25, -0.2) is 0 Å². The van der Waals surface area contributed by atoms with Crippen LogP contribution in [-0.4, -0.2) is 52.9 Å². The molecule has 0 spiro atoms. The fourth-order valence-electron chi connectivity index (χ4n) is 8.69. The lowest BCUT2D eigenvalue weighted by Crippen LogP contribution is -2.04. The van der Waals surface area contributed by atoms with Crippen LogP contribution in [0.25, 0.3) is 11.1 Å². The highest BCUT2D eigenvalue weighted by atomic mass is 79.9. The number of unbranched alkanes of at least 4 members (excludes halogenated alkanes) is 10. The lowest BCUT2D eigenvalue weighted by Gasteiger charge is -2.13. The molecule has 438 valence electrons. The predicted molar refractivity (Wildman–Crippen MR) is 343 cm³/mol. The van der Waals surface area contributed by atoms with Crippen LogP contribution < -0.4 is 37.9 Å². The van der Waals surface area contributed by atoms with Gasteiger partial charge in [-0.2, -0.15) is 20.5 Å². The monoisotopic (exact) mass is 1260 g/mol. The van der Waals surface area contributed by atoms with E-state index in [9.17, 15) is 0 Å². The summed E-state index contributed by atoms with van der Waals surface area (Å²) in [6.45, 7) is 5.22. The Kier molecular flexibility index (Phi) is 27.3. The number of hydrogen-bond acceptors (Lipinski definition) is 12. The molecule has 8 rings (SSSR count). The Balaban J connectivity index is 0.590. The van der Waals surface area contributed by atoms with Crippen molar-refractivity contribution in [3.8, 4) is 57.1 Å². The van der Waals surface area contributed by atoms with Crippen molar-refractivity contribution in [2.75, 3.05) is 52.9 Å². The first-order valence-electron chi connectivity index (χ1n) is 29.4. The maximum atomic E-state index is 6.13. The van der Waals surface area contributed by atoms with Gasteiger partial charge in [0.25, 0.3) is 0 Å². The second kappa shape index (κ2) is 36.8. The van der Waals surface area contributed by atoms with Crippen LogP contribution in [0, 0.1) is 0 Å². The van der Waals surface area contributed by atoms with Crippen molar-refractivity contribution in [2.24, 2.45) is 20.5 Å². The third kappa shape index (κ3) is 23.5. The van der Waals surface area contributed by atoms with Crippen LogP contribution in [0.1, 0.15) is 89.9 Å². The molecule has 0 aliphatic rings. The molecule has 0 aliphatic heterocycles. The molecule has 0 bridgehead atoms. The Labute approximate surface area is 512 Å². The van der Waals surface area contributed by atoms with Gasteiger partial charge >= 0.3 is 0 Å². The van der Waals surface area contributed by atoms with Gasteiger partial charge in [0.1, 0.15) is 23.0 Å². The molecular formula is C70H76Br2N4O8. The average molecular weight is 1260 g/mol. The standard InChI is InChI=1S/C70H76Br2N4O8/c71-57-27-31-59(32-28-57)73-75-61-35-43-65(44-36-61)79-49-15-5-17-53-83-69-21-9-7-19-67(69)81-51-13-3-1-11-47-77-63-39-23-55(24-40-63)56-25-41-64(42-26-56)78-48-12-2-4-14-52-82-68-20-8-10-22-70(68)84-54-18-6-16-50-80-66-45-37-62(38-46-66)76-74-60-33-29-58(72)30-34-60/h7-10,19-46H,1-6,11-18,47-54H2. The second-order valence-corrected chi connectivity index (χ2v) is 21.9. The number of hydrogen-bond donors (Lipinski definition) is 0. The van der Waals surface area contributed by atoms with Crippen molar-refractivity contribution in [3.05, 3.63) is 203 Å². The van der Waals surface area contributed by atoms with Gasteiger partial charge in [0, 0.05) is 8.95 Å². The summed E-state index contributed by atoms with van der Waals surface area (Å²) in [6, 6.07) is 63.3. The van der Waals surface area contributed by atoms with Gasteiger partial charge in [0.05, 0.1) is 75.6 Å². The summed E-state index contributed by atoms with van der Waals surface area (Å²) in [7, 11) is 0. The zero-order valence-electron chi connectivity index (χ0n) is 47.8. The topological polar surface area (TPSA) is 123 Å². The maximum absolute atomic E-state index is 6.13. The quantitative estimate of drug-likeness (QED) is 0.0276. The maximum Gasteiger partial charge on any atom is 0.161 e. The summed E-state index contributed by atoms with van der Waals surface area (Å²) in [6.07, 6.45) is 14.0. The van der Waals surface area contributed by atoms with Crippen molar-refractivity contribution in [1.82, 2.24) is 0 Å². The normalized spacial score (nSPS) is 11.2. The lowest BCUT2D eigenvalue weighted by atomic mass is 10.1. The highest BCUT2D eigenvalue weighted by Gasteiger charge is 2.08. The summed E-state index contributed by atoms with van der Waals surface area (Å²) >= 11 is 6.87. The van der Waals surface area contributed by atoms with Gasteiger partial charge in [-0.15, -0.1) is 0 Å². The first kappa shape index (κ1) is 62.4. The first-order chi connectivity index (χ1) is 41.5. The van der Waals surface area contributed by atoms with Crippen molar-refractivity contribution in [2.45, 2.75) is 89.9 Å². The molecule has 84 heavy (non-hydrogen) atoms. The number of ether oxygens (including phenoxy) is 8. The summed E-state index contributed by atoms with van der Waals surface area (Å²) in [5.74, 6) is 6.59. The van der Waals surface area contributed by atoms with Gasteiger partial charge in [-0.3, -0.25) is 0 Å².